The molecule has 0 saturated heterocycles. The molecule has 7 rings (SSSR count). The fraction of sp³-hybridized carbons (Fsp3) is 0.0625. The summed E-state index contributed by atoms with van der Waals surface area (Å²) in [6.07, 6.45) is 0. The van der Waals surface area contributed by atoms with Gasteiger partial charge in [0, 0.05) is 24.4 Å². The van der Waals surface area contributed by atoms with Crippen molar-refractivity contribution >= 4 is 62.4 Å². The van der Waals surface area contributed by atoms with E-state index in [0.717, 1.165) is 28.5 Å². The van der Waals surface area contributed by atoms with Crippen molar-refractivity contribution in [1.82, 2.24) is 0 Å². The third-order valence-electron chi connectivity index (χ3n) is 6.89. The number of rotatable bonds is 3. The van der Waals surface area contributed by atoms with Gasteiger partial charge in [-0.2, -0.15) is 0 Å². The van der Waals surface area contributed by atoms with Crippen LogP contribution in [0.15, 0.2) is 124 Å². The van der Waals surface area contributed by atoms with E-state index >= 15 is 0 Å². The van der Waals surface area contributed by atoms with Gasteiger partial charge in [0.2, 0.25) is 0 Å². The lowest BCUT2D eigenvalue weighted by Crippen LogP contribution is -2.12. The van der Waals surface area contributed by atoms with Crippen molar-refractivity contribution in [3.63, 3.8) is 0 Å². The Hall–Kier alpha value is -4.04. The highest BCUT2D eigenvalue weighted by Gasteiger charge is 2.15. The SMILES string of the molecule is CN(Cc1ccc2ccccc2c1)p1oc2ccc3ccccc3c2c2c(ccc3ccccc32)o1. The van der Waals surface area contributed by atoms with Gasteiger partial charge in [0.25, 0.3) is 0 Å². The largest absolute Gasteiger partial charge is 0.408 e. The van der Waals surface area contributed by atoms with E-state index in [9.17, 15) is 0 Å². The molecule has 1 aromatic heterocycles. The van der Waals surface area contributed by atoms with Crippen LogP contribution in [-0.2, 0) is 6.54 Å². The third-order valence-corrected chi connectivity index (χ3v) is 8.29. The molecule has 0 radical (unpaired) electrons. The Morgan fingerprint density at radius 2 is 1.06 bits per heavy atom. The second kappa shape index (κ2) is 8.57. The first kappa shape index (κ1) is 21.3. The molecule has 36 heavy (non-hydrogen) atoms. The van der Waals surface area contributed by atoms with Crippen molar-refractivity contribution < 1.29 is 8.39 Å². The minimum Gasteiger partial charge on any atom is -0.408 e. The summed E-state index contributed by atoms with van der Waals surface area (Å²) in [6.45, 7) is 0.725. The van der Waals surface area contributed by atoms with Crippen molar-refractivity contribution in [1.29, 1.82) is 0 Å². The summed E-state index contributed by atoms with van der Waals surface area (Å²) in [5.41, 5.74) is 2.95. The van der Waals surface area contributed by atoms with Gasteiger partial charge in [-0.15, -0.1) is 0 Å². The van der Waals surface area contributed by atoms with Gasteiger partial charge in [0.1, 0.15) is 11.2 Å². The first-order chi connectivity index (χ1) is 17.7. The van der Waals surface area contributed by atoms with Gasteiger partial charge < -0.3 is 8.39 Å². The van der Waals surface area contributed by atoms with Gasteiger partial charge in [0.15, 0.2) is 0 Å². The summed E-state index contributed by atoms with van der Waals surface area (Å²) in [5, 5.41) is 9.41. The number of benzene rings is 6. The summed E-state index contributed by atoms with van der Waals surface area (Å²) in [6, 6.07) is 40.6. The first-order valence-electron chi connectivity index (χ1n) is 12.1. The van der Waals surface area contributed by atoms with Crippen LogP contribution < -0.4 is 4.67 Å². The molecule has 7 aromatic rings. The molecule has 0 aliphatic heterocycles. The number of nitrogens with zero attached hydrogens (tertiary/aromatic N) is 1. The molecule has 3 nitrogen and oxygen atoms in total. The molecule has 0 fully saturated rings. The minimum absolute atomic E-state index is 0.725. The molecule has 0 aliphatic rings. The molecule has 0 bridgehead atoms. The highest BCUT2D eigenvalue weighted by molar-refractivity contribution is 7.38. The van der Waals surface area contributed by atoms with Gasteiger partial charge in [-0.3, -0.25) is 0 Å². The Morgan fingerprint density at radius 3 is 1.67 bits per heavy atom. The van der Waals surface area contributed by atoms with E-state index < -0.39 is 8.16 Å². The van der Waals surface area contributed by atoms with Crippen LogP contribution in [0.25, 0.3) is 54.3 Å². The highest BCUT2D eigenvalue weighted by atomic mass is 31.1. The Bertz CT molecular complexity index is 1860. The molecule has 0 amide bonds. The van der Waals surface area contributed by atoms with Crippen molar-refractivity contribution in [3.8, 4) is 0 Å². The van der Waals surface area contributed by atoms with E-state index in [1.807, 2.05) is 0 Å². The lowest BCUT2D eigenvalue weighted by molar-refractivity contribution is 0.628. The topological polar surface area (TPSA) is 29.5 Å². The molecule has 4 heteroatoms. The Labute approximate surface area is 209 Å². The van der Waals surface area contributed by atoms with E-state index in [1.165, 1.54) is 37.9 Å². The summed E-state index contributed by atoms with van der Waals surface area (Å²) >= 11 is 0. The van der Waals surface area contributed by atoms with Gasteiger partial charge in [-0.05, 0) is 56.1 Å². The van der Waals surface area contributed by atoms with Crippen LogP contribution in [0.3, 0.4) is 0 Å². The summed E-state index contributed by atoms with van der Waals surface area (Å²) < 4.78 is 15.6. The monoisotopic (exact) mass is 485 g/mol. The summed E-state index contributed by atoms with van der Waals surface area (Å²) in [7, 11) is 0.700. The van der Waals surface area contributed by atoms with Crippen molar-refractivity contribution in [2.75, 3.05) is 11.7 Å². The molecule has 0 aliphatic carbocycles. The third kappa shape index (κ3) is 3.56. The Morgan fingerprint density at radius 1 is 0.556 bits per heavy atom. The van der Waals surface area contributed by atoms with E-state index in [0.29, 0.717) is 0 Å². The van der Waals surface area contributed by atoms with Gasteiger partial charge in [-0.25, -0.2) is 4.67 Å². The maximum atomic E-state index is 6.69. The molecule has 0 unspecified atom stereocenters. The number of fused-ring (bicyclic) bond motifs is 8. The molecule has 0 atom stereocenters. The van der Waals surface area contributed by atoms with Crippen LogP contribution in [-0.4, -0.2) is 7.05 Å². The lowest BCUT2D eigenvalue weighted by Gasteiger charge is -2.13. The molecule has 0 saturated carbocycles. The molecule has 0 N–H and O–H groups in total. The predicted octanol–water partition coefficient (Wildman–Crippen LogP) is 9.52. The second-order valence-electron chi connectivity index (χ2n) is 9.24. The van der Waals surface area contributed by atoms with Crippen molar-refractivity contribution in [2.24, 2.45) is 0 Å². The van der Waals surface area contributed by atoms with Crippen LogP contribution in [0.4, 0.5) is 0 Å². The average Bonchev–Trinajstić information content (AvgIpc) is 3.10. The number of hydrogen-bond acceptors (Lipinski definition) is 3. The van der Waals surface area contributed by atoms with Gasteiger partial charge in [0.05, 0.1) is 0 Å². The Kier molecular flexibility index (Phi) is 5.06. The highest BCUT2D eigenvalue weighted by Crippen LogP contribution is 2.41. The smallest absolute Gasteiger partial charge is 0.309 e. The molecular weight excluding hydrogens is 461 g/mol. The van der Waals surface area contributed by atoms with Crippen LogP contribution in [0.5, 0.6) is 0 Å². The minimum atomic E-state index is -1.38. The Balaban J connectivity index is 1.48. The van der Waals surface area contributed by atoms with E-state index in [4.69, 9.17) is 8.39 Å². The van der Waals surface area contributed by atoms with Gasteiger partial charge >= 0.3 is 8.16 Å². The quantitative estimate of drug-likeness (QED) is 0.250. The number of hydrogen-bond donors (Lipinski definition) is 0. The standard InChI is InChI=1S/C32H24NO2P/c1-33(21-22-14-15-23-8-2-3-11-26(23)20-22)36-34-29-18-16-24-9-4-6-12-27(24)31(29)32-28-13-7-5-10-25(28)17-19-30(32)35-36/h2-20H,21H2,1H3. The maximum Gasteiger partial charge on any atom is 0.309 e. The van der Waals surface area contributed by atoms with Crippen LogP contribution in [0.2, 0.25) is 0 Å². The lowest BCUT2D eigenvalue weighted by atomic mass is 9.99. The molecule has 6 aromatic carbocycles. The van der Waals surface area contributed by atoms with Crippen molar-refractivity contribution in [2.45, 2.75) is 6.54 Å². The zero-order valence-electron chi connectivity index (χ0n) is 19.9. The predicted molar refractivity (Wildman–Crippen MR) is 153 cm³/mol. The van der Waals surface area contributed by atoms with Gasteiger partial charge in [-0.1, -0.05) is 97.1 Å². The van der Waals surface area contributed by atoms with Crippen LogP contribution in [0, 0.1) is 0 Å². The molecule has 1 heterocycles. The summed E-state index contributed by atoms with van der Waals surface area (Å²) in [4.78, 5) is 0. The van der Waals surface area contributed by atoms with Crippen molar-refractivity contribution in [3.05, 3.63) is 121 Å². The molecule has 0 spiro atoms. The zero-order valence-corrected chi connectivity index (χ0v) is 20.8. The fourth-order valence-corrected chi connectivity index (χ4v) is 6.39. The van der Waals surface area contributed by atoms with Crippen LogP contribution in [0.1, 0.15) is 5.56 Å². The van der Waals surface area contributed by atoms with E-state index in [1.54, 1.807) is 0 Å². The molecule has 174 valence electrons. The maximum absolute atomic E-state index is 6.69. The molecular formula is C32H24NO2P. The van der Waals surface area contributed by atoms with E-state index in [-0.39, 0.29) is 0 Å². The van der Waals surface area contributed by atoms with E-state index in [2.05, 4.69) is 127 Å². The average molecular weight is 486 g/mol. The van der Waals surface area contributed by atoms with Crippen LogP contribution >= 0.6 is 8.16 Å². The summed E-state index contributed by atoms with van der Waals surface area (Å²) in [5.74, 6) is 0. The first-order valence-corrected chi connectivity index (χ1v) is 13.3. The second-order valence-corrected chi connectivity index (χ2v) is 10.8. The normalized spacial score (nSPS) is 11.8. The zero-order chi connectivity index (χ0) is 24.1. The fourth-order valence-electron chi connectivity index (χ4n) is 5.16.